The zero-order chi connectivity index (χ0) is 17.5. The van der Waals surface area contributed by atoms with Crippen molar-refractivity contribution in [3.05, 3.63) is 29.6 Å². The molecule has 1 amide bonds. The highest BCUT2D eigenvalue weighted by Crippen LogP contribution is 2.28. The van der Waals surface area contributed by atoms with Gasteiger partial charge >= 0.3 is 0 Å². The predicted octanol–water partition coefficient (Wildman–Crippen LogP) is 2.84. The molecule has 1 aromatic carbocycles. The largest absolute Gasteiger partial charge is 0.378 e. The maximum atomic E-state index is 11.8. The summed E-state index contributed by atoms with van der Waals surface area (Å²) >= 11 is 2.94. The molecule has 0 saturated carbocycles. The van der Waals surface area contributed by atoms with Crippen molar-refractivity contribution < 1.29 is 9.53 Å². The van der Waals surface area contributed by atoms with Gasteiger partial charge in [0.2, 0.25) is 5.91 Å². The third-order valence-electron chi connectivity index (χ3n) is 3.64. The van der Waals surface area contributed by atoms with E-state index in [1.54, 1.807) is 11.3 Å². The number of ether oxygens (including phenoxy) is 1. The summed E-state index contributed by atoms with van der Waals surface area (Å²) < 4.78 is 5.37. The van der Waals surface area contributed by atoms with Gasteiger partial charge in [0.25, 0.3) is 0 Å². The number of aromatic nitrogens is 1. The molecule has 2 aromatic rings. The Kier molecular flexibility index (Phi) is 6.28. The molecule has 1 aliphatic heterocycles. The van der Waals surface area contributed by atoms with Gasteiger partial charge in [-0.15, -0.1) is 23.1 Å². The molecular weight excluding hydrogens is 356 g/mol. The zero-order valence-corrected chi connectivity index (χ0v) is 15.2. The summed E-state index contributed by atoms with van der Waals surface area (Å²) in [4.78, 5) is 18.7. The highest BCUT2D eigenvalue weighted by Gasteiger charge is 2.15. The molecule has 1 aromatic heterocycles. The summed E-state index contributed by atoms with van der Waals surface area (Å²) in [5, 5.41) is 14.4. The molecule has 130 valence electrons. The van der Waals surface area contributed by atoms with Gasteiger partial charge in [-0.05, 0) is 12.1 Å². The number of anilines is 2. The number of amides is 1. The van der Waals surface area contributed by atoms with Crippen LogP contribution in [-0.2, 0) is 9.53 Å². The summed E-state index contributed by atoms with van der Waals surface area (Å²) in [7, 11) is 0. The van der Waals surface area contributed by atoms with E-state index in [2.05, 4.69) is 15.6 Å². The van der Waals surface area contributed by atoms with E-state index >= 15 is 0 Å². The predicted molar refractivity (Wildman–Crippen MR) is 102 cm³/mol. The fourth-order valence-electron chi connectivity index (χ4n) is 2.41. The molecule has 25 heavy (non-hydrogen) atoms. The van der Waals surface area contributed by atoms with E-state index in [1.807, 2.05) is 30.3 Å². The number of thiazole rings is 1. The van der Waals surface area contributed by atoms with Crippen LogP contribution >= 0.6 is 23.1 Å². The average molecular weight is 374 g/mol. The number of morpholine rings is 1. The molecule has 1 saturated heterocycles. The standard InChI is InChI=1S/C17H18N4O2S2/c18-5-10-24-12-16(22)19-14-3-1-13(2-4-14)15-11-25-17(20-15)21-6-8-23-9-7-21/h1-4,11H,6-10,12H2,(H,19,22). The van der Waals surface area contributed by atoms with E-state index in [1.165, 1.54) is 11.8 Å². The molecule has 3 rings (SSSR count). The van der Waals surface area contributed by atoms with E-state index in [0.717, 1.165) is 48.4 Å². The number of nitrogens with zero attached hydrogens (tertiary/aromatic N) is 3. The topological polar surface area (TPSA) is 78.2 Å². The molecule has 8 heteroatoms. The van der Waals surface area contributed by atoms with Gasteiger partial charge in [-0.2, -0.15) is 5.26 Å². The minimum absolute atomic E-state index is 0.101. The number of carbonyl (C=O) groups excluding carboxylic acids is 1. The van der Waals surface area contributed by atoms with Crippen molar-refractivity contribution in [2.24, 2.45) is 0 Å². The molecule has 0 spiro atoms. The van der Waals surface area contributed by atoms with Crippen molar-refractivity contribution in [3.8, 4) is 17.3 Å². The fourth-order valence-corrected chi connectivity index (χ4v) is 3.75. The SMILES string of the molecule is N#CCSCC(=O)Nc1ccc(-c2csc(N3CCOCC3)n2)cc1. The summed E-state index contributed by atoms with van der Waals surface area (Å²) in [5.41, 5.74) is 2.71. The van der Waals surface area contributed by atoms with Crippen molar-refractivity contribution in [2.75, 3.05) is 48.0 Å². The fraction of sp³-hybridized carbons (Fsp3) is 0.353. The third kappa shape index (κ3) is 4.95. The van der Waals surface area contributed by atoms with Crippen LogP contribution in [0.25, 0.3) is 11.3 Å². The average Bonchev–Trinajstić information content (AvgIpc) is 3.13. The Hall–Kier alpha value is -2.08. The van der Waals surface area contributed by atoms with Crippen LogP contribution < -0.4 is 10.2 Å². The van der Waals surface area contributed by atoms with Crippen LogP contribution in [0.15, 0.2) is 29.6 Å². The van der Waals surface area contributed by atoms with E-state index in [0.29, 0.717) is 5.75 Å². The first-order chi connectivity index (χ1) is 12.3. The highest BCUT2D eigenvalue weighted by atomic mass is 32.2. The van der Waals surface area contributed by atoms with Gasteiger partial charge in [0, 0.05) is 29.7 Å². The Morgan fingerprint density at radius 1 is 1.36 bits per heavy atom. The van der Waals surface area contributed by atoms with Crippen LogP contribution in [0.2, 0.25) is 0 Å². The van der Waals surface area contributed by atoms with Gasteiger partial charge in [0.05, 0.1) is 36.5 Å². The minimum Gasteiger partial charge on any atom is -0.378 e. The van der Waals surface area contributed by atoms with Crippen LogP contribution in [0.5, 0.6) is 0 Å². The first kappa shape index (κ1) is 17.7. The number of nitriles is 1. The van der Waals surface area contributed by atoms with E-state index in [9.17, 15) is 4.79 Å². The van der Waals surface area contributed by atoms with Crippen molar-refractivity contribution in [3.63, 3.8) is 0 Å². The van der Waals surface area contributed by atoms with Crippen molar-refractivity contribution >= 4 is 39.8 Å². The van der Waals surface area contributed by atoms with Gasteiger partial charge in [-0.1, -0.05) is 12.1 Å². The quantitative estimate of drug-likeness (QED) is 0.784. The number of benzene rings is 1. The van der Waals surface area contributed by atoms with Gasteiger partial charge in [0.1, 0.15) is 0 Å². The van der Waals surface area contributed by atoms with Gasteiger partial charge < -0.3 is 15.0 Å². The Balaban J connectivity index is 1.59. The number of thioether (sulfide) groups is 1. The monoisotopic (exact) mass is 374 g/mol. The number of hydrogen-bond acceptors (Lipinski definition) is 7. The van der Waals surface area contributed by atoms with Crippen molar-refractivity contribution in [2.45, 2.75) is 0 Å². The molecule has 0 radical (unpaired) electrons. The smallest absolute Gasteiger partial charge is 0.234 e. The first-order valence-corrected chi connectivity index (χ1v) is 9.93. The molecule has 0 aliphatic carbocycles. The van der Waals surface area contributed by atoms with Crippen LogP contribution in [0.1, 0.15) is 0 Å². The number of hydrogen-bond donors (Lipinski definition) is 1. The molecule has 0 unspecified atom stereocenters. The second-order valence-corrected chi connectivity index (χ2v) is 7.21. The summed E-state index contributed by atoms with van der Waals surface area (Å²) in [6, 6.07) is 9.66. The molecular formula is C17H18N4O2S2. The van der Waals surface area contributed by atoms with E-state index in [4.69, 9.17) is 15.0 Å². The van der Waals surface area contributed by atoms with Gasteiger partial charge in [-0.3, -0.25) is 4.79 Å². The van der Waals surface area contributed by atoms with Crippen LogP contribution in [-0.4, -0.2) is 48.7 Å². The lowest BCUT2D eigenvalue weighted by Gasteiger charge is -2.26. The third-order valence-corrected chi connectivity index (χ3v) is 5.34. The lowest BCUT2D eigenvalue weighted by atomic mass is 10.1. The molecule has 6 nitrogen and oxygen atoms in total. The van der Waals surface area contributed by atoms with Gasteiger partial charge in [-0.25, -0.2) is 4.98 Å². The van der Waals surface area contributed by atoms with E-state index < -0.39 is 0 Å². The van der Waals surface area contributed by atoms with Crippen molar-refractivity contribution in [1.29, 1.82) is 5.26 Å². The molecule has 0 bridgehead atoms. The lowest BCUT2D eigenvalue weighted by molar-refractivity contribution is -0.113. The van der Waals surface area contributed by atoms with Crippen LogP contribution in [0.3, 0.4) is 0 Å². The Labute approximate surface area is 154 Å². The second-order valence-electron chi connectivity index (χ2n) is 5.39. The zero-order valence-electron chi connectivity index (χ0n) is 13.6. The van der Waals surface area contributed by atoms with E-state index in [-0.39, 0.29) is 11.7 Å². The second kappa shape index (κ2) is 8.85. The van der Waals surface area contributed by atoms with Crippen LogP contribution in [0, 0.1) is 11.3 Å². The number of nitrogens with one attached hydrogen (secondary N) is 1. The number of carbonyl (C=O) groups is 1. The molecule has 1 fully saturated rings. The molecule has 1 N–H and O–H groups in total. The molecule has 0 atom stereocenters. The maximum absolute atomic E-state index is 11.8. The normalized spacial score (nSPS) is 14.1. The van der Waals surface area contributed by atoms with Crippen molar-refractivity contribution in [1.82, 2.24) is 4.98 Å². The Morgan fingerprint density at radius 3 is 2.84 bits per heavy atom. The summed E-state index contributed by atoms with van der Waals surface area (Å²) in [5.74, 6) is 0.502. The summed E-state index contributed by atoms with van der Waals surface area (Å²) in [6.07, 6.45) is 0. The molecule has 1 aliphatic rings. The lowest BCUT2D eigenvalue weighted by Crippen LogP contribution is -2.36. The highest BCUT2D eigenvalue weighted by molar-refractivity contribution is 8.00. The first-order valence-electron chi connectivity index (χ1n) is 7.89. The Bertz CT molecular complexity index is 749. The van der Waals surface area contributed by atoms with Crippen LogP contribution in [0.4, 0.5) is 10.8 Å². The van der Waals surface area contributed by atoms with Gasteiger partial charge in [0.15, 0.2) is 5.13 Å². The molecule has 2 heterocycles. The summed E-state index contributed by atoms with van der Waals surface area (Å²) in [6.45, 7) is 3.25. The Morgan fingerprint density at radius 2 is 2.12 bits per heavy atom. The maximum Gasteiger partial charge on any atom is 0.234 e. The minimum atomic E-state index is -0.101. The number of rotatable bonds is 6.